The molecule has 1 spiro atoms. The van der Waals surface area contributed by atoms with Crippen LogP contribution in [0.3, 0.4) is 0 Å². The molecule has 5 nitrogen and oxygen atoms in total. The van der Waals surface area contributed by atoms with E-state index in [9.17, 15) is 14.7 Å². The van der Waals surface area contributed by atoms with Crippen molar-refractivity contribution in [1.82, 2.24) is 0 Å². The molecule has 154 valence electrons. The van der Waals surface area contributed by atoms with Crippen LogP contribution >= 0.6 is 0 Å². The van der Waals surface area contributed by atoms with Gasteiger partial charge >= 0.3 is 5.97 Å². The smallest absolute Gasteiger partial charge is 0.302 e. The fraction of sp³-hybridized carbons (Fsp3) is 0.826. The molecule has 1 saturated heterocycles. The number of ketones is 1. The number of hydrogen-bond acceptors (Lipinski definition) is 5. The standard InChI is InChI=1S/C23H32O5/c1-14(24)27-13-23(26)20-6-5-19-17-4-3-15-11-16(25)7-9-21(15,2)18(17)8-10-22(19,20)12-28-23/h11,17-20,26H,3-10,12-13H2,1-2H3/t17?,18?,19?,20?,21-,22+,23+/m0/s1. The maximum absolute atomic E-state index is 12.0. The highest BCUT2D eigenvalue weighted by Crippen LogP contribution is 2.70. The fourth-order valence-electron chi connectivity index (χ4n) is 8.03. The highest BCUT2D eigenvalue weighted by molar-refractivity contribution is 5.91. The molecule has 4 fully saturated rings. The molecule has 1 aliphatic heterocycles. The Labute approximate surface area is 166 Å². The Balaban J connectivity index is 1.42. The van der Waals surface area contributed by atoms with Crippen LogP contribution in [0.5, 0.6) is 0 Å². The molecule has 0 aromatic carbocycles. The number of carbonyl (C=O) groups is 2. The third-order valence-electron chi connectivity index (χ3n) is 9.30. The first-order valence-electron chi connectivity index (χ1n) is 11.0. The van der Waals surface area contributed by atoms with E-state index in [1.807, 2.05) is 6.08 Å². The number of allylic oxidation sites excluding steroid dienone is 1. The highest BCUT2D eigenvalue weighted by Gasteiger charge is 2.68. The van der Waals surface area contributed by atoms with Gasteiger partial charge in [-0.05, 0) is 74.2 Å². The number of hydrogen-bond donors (Lipinski definition) is 1. The van der Waals surface area contributed by atoms with Gasteiger partial charge < -0.3 is 14.6 Å². The number of esters is 1. The lowest BCUT2D eigenvalue weighted by Crippen LogP contribution is -2.52. The minimum Gasteiger partial charge on any atom is -0.460 e. The summed E-state index contributed by atoms with van der Waals surface area (Å²) in [4.78, 5) is 23.3. The van der Waals surface area contributed by atoms with Crippen molar-refractivity contribution in [2.24, 2.45) is 34.5 Å². The van der Waals surface area contributed by atoms with E-state index in [1.165, 1.54) is 12.5 Å². The second-order valence-corrected chi connectivity index (χ2v) is 10.3. The fourth-order valence-corrected chi connectivity index (χ4v) is 8.03. The Morgan fingerprint density at radius 3 is 2.82 bits per heavy atom. The average Bonchev–Trinajstić information content (AvgIpc) is 3.17. The lowest BCUT2D eigenvalue weighted by molar-refractivity contribution is -0.225. The molecule has 5 rings (SSSR count). The van der Waals surface area contributed by atoms with Gasteiger partial charge in [0.15, 0.2) is 5.78 Å². The Hall–Kier alpha value is -1.20. The topological polar surface area (TPSA) is 72.8 Å². The van der Waals surface area contributed by atoms with Crippen molar-refractivity contribution in [2.45, 2.75) is 71.0 Å². The minimum absolute atomic E-state index is 0.0259. The molecular weight excluding hydrogens is 356 g/mol. The van der Waals surface area contributed by atoms with Gasteiger partial charge in [-0.3, -0.25) is 9.59 Å². The van der Waals surface area contributed by atoms with E-state index in [1.54, 1.807) is 0 Å². The lowest BCUT2D eigenvalue weighted by atomic mass is 9.46. The van der Waals surface area contributed by atoms with E-state index < -0.39 is 5.79 Å². The molecule has 0 amide bonds. The van der Waals surface area contributed by atoms with Gasteiger partial charge in [-0.1, -0.05) is 12.5 Å². The van der Waals surface area contributed by atoms with Gasteiger partial charge in [0.2, 0.25) is 5.79 Å². The SMILES string of the molecule is CC(=O)OC[C@@]1(O)OC[C@]23CCC4C(CCC5=CC(=O)CC[C@@]54C)C2CCC31. The van der Waals surface area contributed by atoms with Crippen LogP contribution < -0.4 is 0 Å². The molecule has 0 aromatic rings. The van der Waals surface area contributed by atoms with Gasteiger partial charge in [0.05, 0.1) is 6.61 Å². The predicted octanol–water partition coefficient (Wildman–Crippen LogP) is 3.40. The zero-order chi connectivity index (χ0) is 19.7. The first-order chi connectivity index (χ1) is 13.3. The minimum atomic E-state index is -1.33. The Morgan fingerprint density at radius 2 is 2.04 bits per heavy atom. The van der Waals surface area contributed by atoms with Crippen molar-refractivity contribution in [3.05, 3.63) is 11.6 Å². The third kappa shape index (κ3) is 2.44. The largest absolute Gasteiger partial charge is 0.460 e. The molecule has 0 radical (unpaired) electrons. The average molecular weight is 389 g/mol. The van der Waals surface area contributed by atoms with Crippen molar-refractivity contribution in [3.8, 4) is 0 Å². The zero-order valence-corrected chi connectivity index (χ0v) is 17.0. The summed E-state index contributed by atoms with van der Waals surface area (Å²) in [6.45, 7) is 4.30. The molecule has 4 unspecified atom stereocenters. The quantitative estimate of drug-likeness (QED) is 0.734. The molecule has 4 aliphatic carbocycles. The van der Waals surface area contributed by atoms with Crippen LogP contribution in [0.1, 0.15) is 65.2 Å². The van der Waals surface area contributed by atoms with Crippen molar-refractivity contribution in [3.63, 3.8) is 0 Å². The van der Waals surface area contributed by atoms with Gasteiger partial charge in [0.25, 0.3) is 0 Å². The molecule has 1 N–H and O–H groups in total. The molecule has 5 aliphatic rings. The van der Waals surface area contributed by atoms with Crippen LogP contribution in [0, 0.1) is 34.5 Å². The lowest BCUT2D eigenvalue weighted by Gasteiger charge is -2.57. The summed E-state index contributed by atoms with van der Waals surface area (Å²) < 4.78 is 11.1. The van der Waals surface area contributed by atoms with Crippen LogP contribution in [0.4, 0.5) is 0 Å². The molecule has 1 heterocycles. The van der Waals surface area contributed by atoms with Crippen LogP contribution in [0.2, 0.25) is 0 Å². The second-order valence-electron chi connectivity index (χ2n) is 10.3. The van der Waals surface area contributed by atoms with Crippen LogP contribution in [-0.2, 0) is 19.1 Å². The third-order valence-corrected chi connectivity index (χ3v) is 9.30. The van der Waals surface area contributed by atoms with Crippen molar-refractivity contribution < 1.29 is 24.2 Å². The maximum atomic E-state index is 12.0. The number of aliphatic hydroxyl groups is 1. The van der Waals surface area contributed by atoms with Gasteiger partial charge in [0, 0.05) is 24.7 Å². The summed E-state index contributed by atoms with van der Waals surface area (Å²) >= 11 is 0. The summed E-state index contributed by atoms with van der Waals surface area (Å²) in [5.74, 6) is 0.516. The van der Waals surface area contributed by atoms with Gasteiger partial charge in [0.1, 0.15) is 6.61 Å². The normalized spacial score (nSPS) is 49.5. The van der Waals surface area contributed by atoms with E-state index in [-0.39, 0.29) is 29.3 Å². The number of ether oxygens (including phenoxy) is 2. The Bertz CT molecular complexity index is 743. The zero-order valence-electron chi connectivity index (χ0n) is 17.0. The van der Waals surface area contributed by atoms with E-state index in [2.05, 4.69) is 6.92 Å². The first-order valence-corrected chi connectivity index (χ1v) is 11.0. The summed E-state index contributed by atoms with van der Waals surface area (Å²) in [5.41, 5.74) is 1.59. The summed E-state index contributed by atoms with van der Waals surface area (Å²) in [7, 11) is 0. The Kier molecular flexibility index (Phi) is 4.13. The molecule has 0 aromatic heterocycles. The van der Waals surface area contributed by atoms with E-state index >= 15 is 0 Å². The molecule has 28 heavy (non-hydrogen) atoms. The number of carbonyl (C=O) groups excluding carboxylic acids is 2. The molecule has 0 bridgehead atoms. The monoisotopic (exact) mass is 388 g/mol. The second kappa shape index (κ2) is 6.15. The van der Waals surface area contributed by atoms with Gasteiger partial charge in [-0.15, -0.1) is 0 Å². The van der Waals surface area contributed by atoms with E-state index in [0.29, 0.717) is 36.6 Å². The van der Waals surface area contributed by atoms with Crippen LogP contribution in [0.25, 0.3) is 0 Å². The van der Waals surface area contributed by atoms with E-state index in [0.717, 1.165) is 44.9 Å². The maximum Gasteiger partial charge on any atom is 0.302 e. The highest BCUT2D eigenvalue weighted by atomic mass is 16.7. The summed E-state index contributed by atoms with van der Waals surface area (Å²) in [6.07, 6.45) is 10.1. The van der Waals surface area contributed by atoms with Gasteiger partial charge in [-0.25, -0.2) is 0 Å². The molecular formula is C23H32O5. The van der Waals surface area contributed by atoms with Crippen molar-refractivity contribution in [1.29, 1.82) is 0 Å². The van der Waals surface area contributed by atoms with Gasteiger partial charge in [-0.2, -0.15) is 0 Å². The van der Waals surface area contributed by atoms with E-state index in [4.69, 9.17) is 9.47 Å². The number of fused-ring (bicyclic) bond motifs is 4. The molecule has 3 saturated carbocycles. The van der Waals surface area contributed by atoms with Crippen LogP contribution in [0.15, 0.2) is 11.6 Å². The molecule has 5 heteroatoms. The number of rotatable bonds is 2. The predicted molar refractivity (Wildman–Crippen MR) is 102 cm³/mol. The summed E-state index contributed by atoms with van der Waals surface area (Å²) in [5, 5.41) is 11.2. The van der Waals surface area contributed by atoms with Crippen molar-refractivity contribution >= 4 is 11.8 Å². The van der Waals surface area contributed by atoms with Crippen LogP contribution in [-0.4, -0.2) is 35.9 Å². The Morgan fingerprint density at radius 1 is 1.21 bits per heavy atom. The molecule has 7 atom stereocenters. The summed E-state index contributed by atoms with van der Waals surface area (Å²) in [6, 6.07) is 0. The van der Waals surface area contributed by atoms with Crippen molar-refractivity contribution in [2.75, 3.05) is 13.2 Å². The first kappa shape index (κ1) is 18.8.